The Morgan fingerprint density at radius 3 is 2.63 bits per heavy atom. The Morgan fingerprint density at radius 2 is 1.85 bits per heavy atom. The summed E-state index contributed by atoms with van der Waals surface area (Å²) in [5.74, 6) is 0.637. The van der Waals surface area contributed by atoms with E-state index in [0.29, 0.717) is 24.8 Å². The van der Waals surface area contributed by atoms with Crippen LogP contribution >= 0.6 is 0 Å². The normalized spacial score (nSPS) is 10.7. The van der Waals surface area contributed by atoms with Gasteiger partial charge in [0.1, 0.15) is 0 Å². The van der Waals surface area contributed by atoms with E-state index < -0.39 is 0 Å². The van der Waals surface area contributed by atoms with Crippen LogP contribution in [0.4, 0.5) is 0 Å². The largest absolute Gasteiger partial charge is 0.466 e. The van der Waals surface area contributed by atoms with E-state index >= 15 is 0 Å². The first-order chi connectivity index (χ1) is 13.1. The van der Waals surface area contributed by atoms with Crippen LogP contribution in [0.25, 0.3) is 11.5 Å². The molecule has 2 aromatic heterocycles. The summed E-state index contributed by atoms with van der Waals surface area (Å²) in [6, 6.07) is 13.8. The molecule has 0 N–H and O–H groups in total. The quantitative estimate of drug-likeness (QED) is 0.446. The van der Waals surface area contributed by atoms with Gasteiger partial charge in [0, 0.05) is 23.4 Å². The molecule has 3 rings (SSSR count). The van der Waals surface area contributed by atoms with E-state index in [1.165, 1.54) is 5.56 Å². The maximum absolute atomic E-state index is 11.9. The number of hydrogen-bond donors (Lipinski definition) is 0. The Bertz CT molecular complexity index is 888. The molecule has 0 aliphatic rings. The fourth-order valence-corrected chi connectivity index (χ4v) is 2.63. The van der Waals surface area contributed by atoms with Crippen molar-refractivity contribution in [2.24, 2.45) is 0 Å². The van der Waals surface area contributed by atoms with Crippen molar-refractivity contribution >= 4 is 5.97 Å². The van der Waals surface area contributed by atoms with Gasteiger partial charge in [-0.15, -0.1) is 10.2 Å². The van der Waals surface area contributed by atoms with Gasteiger partial charge in [-0.25, -0.2) is 0 Å². The van der Waals surface area contributed by atoms with Gasteiger partial charge in [0.05, 0.1) is 13.0 Å². The second-order valence-electron chi connectivity index (χ2n) is 6.46. The number of pyridine rings is 1. The Balaban J connectivity index is 1.38. The first-order valence-corrected chi connectivity index (χ1v) is 9.08. The lowest BCUT2D eigenvalue weighted by Gasteiger charge is -2.04. The van der Waals surface area contributed by atoms with E-state index in [-0.39, 0.29) is 12.4 Å². The third kappa shape index (κ3) is 5.74. The molecule has 0 aliphatic carbocycles. The smallest absolute Gasteiger partial charge is 0.306 e. The average Bonchev–Trinajstić information content (AvgIpc) is 3.13. The van der Waals surface area contributed by atoms with Crippen LogP contribution in [0.3, 0.4) is 0 Å². The number of carbonyl (C=O) groups is 1. The van der Waals surface area contributed by atoms with Gasteiger partial charge in [-0.2, -0.15) is 0 Å². The summed E-state index contributed by atoms with van der Waals surface area (Å²) < 4.78 is 10.9. The van der Waals surface area contributed by atoms with E-state index in [2.05, 4.69) is 15.2 Å². The number of hydrogen-bond acceptors (Lipinski definition) is 6. The summed E-state index contributed by atoms with van der Waals surface area (Å²) in [6.45, 7) is 4.37. The second kappa shape index (κ2) is 9.07. The lowest BCUT2D eigenvalue weighted by Crippen LogP contribution is -2.08. The van der Waals surface area contributed by atoms with Gasteiger partial charge in [-0.3, -0.25) is 9.78 Å². The molecular weight excluding hydrogens is 342 g/mol. The number of carbonyl (C=O) groups excluding carboxylic acids is 1. The van der Waals surface area contributed by atoms with E-state index in [1.54, 1.807) is 0 Å². The van der Waals surface area contributed by atoms with Crippen LogP contribution in [-0.2, 0) is 22.4 Å². The maximum Gasteiger partial charge on any atom is 0.306 e. The van der Waals surface area contributed by atoms with Gasteiger partial charge < -0.3 is 9.15 Å². The zero-order chi connectivity index (χ0) is 19.1. The molecule has 0 spiro atoms. The highest BCUT2D eigenvalue weighted by Crippen LogP contribution is 2.18. The fraction of sp³-hybridized carbons (Fsp3) is 0.333. The Labute approximate surface area is 158 Å². The summed E-state index contributed by atoms with van der Waals surface area (Å²) in [5, 5.41) is 8.03. The van der Waals surface area contributed by atoms with Crippen LogP contribution in [0.1, 0.15) is 35.7 Å². The van der Waals surface area contributed by atoms with Gasteiger partial charge in [-0.05, 0) is 51.0 Å². The highest BCUT2D eigenvalue weighted by molar-refractivity contribution is 5.69. The van der Waals surface area contributed by atoms with Gasteiger partial charge in [0.2, 0.25) is 11.8 Å². The molecule has 2 heterocycles. The summed E-state index contributed by atoms with van der Waals surface area (Å²) in [7, 11) is 0. The van der Waals surface area contributed by atoms with Crippen molar-refractivity contribution in [2.45, 2.75) is 39.5 Å². The van der Waals surface area contributed by atoms with Gasteiger partial charge in [-0.1, -0.05) is 23.8 Å². The lowest BCUT2D eigenvalue weighted by molar-refractivity contribution is -0.143. The van der Waals surface area contributed by atoms with Crippen molar-refractivity contribution in [3.05, 3.63) is 65.3 Å². The van der Waals surface area contributed by atoms with Crippen LogP contribution in [0.5, 0.6) is 0 Å². The molecular formula is C21H23N3O3. The van der Waals surface area contributed by atoms with Crippen LogP contribution in [0, 0.1) is 13.8 Å². The molecule has 0 saturated heterocycles. The monoisotopic (exact) mass is 365 g/mol. The molecule has 0 radical (unpaired) electrons. The number of aromatic nitrogens is 3. The first-order valence-electron chi connectivity index (χ1n) is 9.08. The molecule has 6 heteroatoms. The van der Waals surface area contributed by atoms with Crippen molar-refractivity contribution < 1.29 is 13.9 Å². The standard InChI is InChI=1S/C21H23N3O3/c1-15-8-10-17(11-9-15)21-24-23-19(27-21)12-13-20(25)26-14-4-7-18-6-3-5-16(2)22-18/h3,5-6,8-11H,4,7,12-14H2,1-2H3. The summed E-state index contributed by atoms with van der Waals surface area (Å²) in [6.07, 6.45) is 2.13. The van der Waals surface area contributed by atoms with Gasteiger partial charge >= 0.3 is 5.97 Å². The topological polar surface area (TPSA) is 78.1 Å². The average molecular weight is 365 g/mol. The van der Waals surface area contributed by atoms with Crippen LogP contribution in [0.15, 0.2) is 46.9 Å². The highest BCUT2D eigenvalue weighted by atomic mass is 16.5. The maximum atomic E-state index is 11.9. The summed E-state index contributed by atoms with van der Waals surface area (Å²) >= 11 is 0. The first kappa shape index (κ1) is 18.8. The van der Waals surface area contributed by atoms with Crippen LogP contribution in [0.2, 0.25) is 0 Å². The van der Waals surface area contributed by atoms with E-state index in [9.17, 15) is 4.79 Å². The lowest BCUT2D eigenvalue weighted by atomic mass is 10.1. The van der Waals surface area contributed by atoms with Gasteiger partial charge in [0.15, 0.2) is 0 Å². The molecule has 0 aliphatic heterocycles. The minimum atomic E-state index is -0.262. The number of aryl methyl sites for hydroxylation is 4. The van der Waals surface area contributed by atoms with Crippen LogP contribution < -0.4 is 0 Å². The molecule has 0 amide bonds. The van der Waals surface area contributed by atoms with Crippen LogP contribution in [-0.4, -0.2) is 27.8 Å². The Kier molecular flexibility index (Phi) is 6.30. The SMILES string of the molecule is Cc1ccc(-c2nnc(CCC(=O)OCCCc3cccc(C)n3)o2)cc1. The molecule has 0 unspecified atom stereocenters. The molecule has 0 saturated carbocycles. The second-order valence-corrected chi connectivity index (χ2v) is 6.46. The predicted octanol–water partition coefficient (Wildman–Crippen LogP) is 3.86. The molecule has 0 bridgehead atoms. The van der Waals surface area contributed by atoms with E-state index in [0.717, 1.165) is 29.8 Å². The zero-order valence-corrected chi connectivity index (χ0v) is 15.6. The van der Waals surface area contributed by atoms with Crippen molar-refractivity contribution in [3.8, 4) is 11.5 Å². The van der Waals surface area contributed by atoms with Crippen molar-refractivity contribution in [1.29, 1.82) is 0 Å². The molecule has 0 fully saturated rings. The Morgan fingerprint density at radius 1 is 1.04 bits per heavy atom. The molecule has 3 aromatic rings. The number of nitrogens with zero attached hydrogens (tertiary/aromatic N) is 3. The number of benzene rings is 1. The number of rotatable bonds is 8. The fourth-order valence-electron chi connectivity index (χ4n) is 2.63. The third-order valence-corrected chi connectivity index (χ3v) is 4.09. The van der Waals surface area contributed by atoms with Crippen molar-refractivity contribution in [3.63, 3.8) is 0 Å². The Hall–Kier alpha value is -3.02. The van der Waals surface area contributed by atoms with Crippen molar-refractivity contribution in [1.82, 2.24) is 15.2 Å². The van der Waals surface area contributed by atoms with E-state index in [4.69, 9.17) is 9.15 Å². The van der Waals surface area contributed by atoms with Gasteiger partial charge in [0.25, 0.3) is 0 Å². The molecule has 0 atom stereocenters. The summed E-state index contributed by atoms with van der Waals surface area (Å²) in [4.78, 5) is 16.3. The zero-order valence-electron chi connectivity index (χ0n) is 15.6. The summed E-state index contributed by atoms with van der Waals surface area (Å²) in [5.41, 5.74) is 4.04. The minimum Gasteiger partial charge on any atom is -0.466 e. The molecule has 1 aromatic carbocycles. The molecule has 6 nitrogen and oxygen atoms in total. The molecule has 140 valence electrons. The minimum absolute atomic E-state index is 0.220. The third-order valence-electron chi connectivity index (χ3n) is 4.09. The number of ether oxygens (including phenoxy) is 1. The highest BCUT2D eigenvalue weighted by Gasteiger charge is 2.11. The predicted molar refractivity (Wildman–Crippen MR) is 101 cm³/mol. The van der Waals surface area contributed by atoms with Crippen molar-refractivity contribution in [2.75, 3.05) is 6.61 Å². The number of esters is 1. The van der Waals surface area contributed by atoms with E-state index in [1.807, 2.05) is 56.3 Å². The molecule has 27 heavy (non-hydrogen) atoms.